The summed E-state index contributed by atoms with van der Waals surface area (Å²) in [6.07, 6.45) is 0. The number of thiol groups is 1. The highest BCUT2D eigenvalue weighted by atomic mass is 79.9. The van der Waals surface area contributed by atoms with Gasteiger partial charge in [-0.25, -0.2) is 0 Å². The van der Waals surface area contributed by atoms with Crippen molar-refractivity contribution in [3.8, 4) is 0 Å². The van der Waals surface area contributed by atoms with Gasteiger partial charge in [0, 0.05) is 33.5 Å². The molecule has 1 aromatic carbocycles. The summed E-state index contributed by atoms with van der Waals surface area (Å²) >= 11 is 9.66. The standard InChI is InChI=1S/C12H14BrNOS2/c1-8-7-14(4-5-17-8)12(15)10-3-2-9(13)6-11(10)16/h2-3,6,8,16H,4-5,7H2,1H3. The molecule has 92 valence electrons. The van der Waals surface area contributed by atoms with Crippen molar-refractivity contribution < 1.29 is 4.79 Å². The number of carbonyl (C=O) groups is 1. The molecule has 1 atom stereocenters. The van der Waals surface area contributed by atoms with Crippen molar-refractivity contribution in [3.05, 3.63) is 28.2 Å². The van der Waals surface area contributed by atoms with Crippen molar-refractivity contribution >= 4 is 46.2 Å². The summed E-state index contributed by atoms with van der Waals surface area (Å²) in [5.74, 6) is 1.11. The van der Waals surface area contributed by atoms with Crippen LogP contribution in [0.3, 0.4) is 0 Å². The summed E-state index contributed by atoms with van der Waals surface area (Å²) in [6, 6.07) is 5.58. The van der Waals surface area contributed by atoms with E-state index in [0.29, 0.717) is 10.8 Å². The van der Waals surface area contributed by atoms with Crippen LogP contribution in [0.4, 0.5) is 0 Å². The Morgan fingerprint density at radius 1 is 1.59 bits per heavy atom. The molecule has 0 N–H and O–H groups in total. The Morgan fingerprint density at radius 2 is 2.35 bits per heavy atom. The van der Waals surface area contributed by atoms with Crippen LogP contribution in [-0.2, 0) is 0 Å². The number of halogens is 1. The second-order valence-corrected chi connectivity index (χ2v) is 7.04. The minimum atomic E-state index is 0.0923. The first kappa shape index (κ1) is 13.3. The highest BCUT2D eigenvalue weighted by Gasteiger charge is 2.23. The Labute approximate surface area is 120 Å². The van der Waals surface area contributed by atoms with Crippen LogP contribution in [0.15, 0.2) is 27.6 Å². The van der Waals surface area contributed by atoms with Gasteiger partial charge in [-0.2, -0.15) is 11.8 Å². The van der Waals surface area contributed by atoms with Gasteiger partial charge in [0.1, 0.15) is 0 Å². The lowest BCUT2D eigenvalue weighted by Crippen LogP contribution is -2.41. The topological polar surface area (TPSA) is 20.3 Å². The Balaban J connectivity index is 2.18. The van der Waals surface area contributed by atoms with E-state index < -0.39 is 0 Å². The molecule has 0 radical (unpaired) electrons. The third-order valence-electron chi connectivity index (χ3n) is 2.72. The van der Waals surface area contributed by atoms with E-state index in [1.54, 1.807) is 0 Å². The highest BCUT2D eigenvalue weighted by molar-refractivity contribution is 9.10. The van der Waals surface area contributed by atoms with Crippen LogP contribution in [0.25, 0.3) is 0 Å². The van der Waals surface area contributed by atoms with Crippen LogP contribution in [0.2, 0.25) is 0 Å². The van der Waals surface area contributed by atoms with Gasteiger partial charge >= 0.3 is 0 Å². The lowest BCUT2D eigenvalue weighted by Gasteiger charge is -2.31. The number of rotatable bonds is 1. The number of hydrogen-bond acceptors (Lipinski definition) is 3. The van der Waals surface area contributed by atoms with E-state index in [2.05, 4.69) is 35.5 Å². The number of benzene rings is 1. The first-order chi connectivity index (χ1) is 8.08. The van der Waals surface area contributed by atoms with Crippen LogP contribution < -0.4 is 0 Å². The first-order valence-corrected chi connectivity index (χ1v) is 7.76. The smallest absolute Gasteiger partial charge is 0.255 e. The summed E-state index contributed by atoms with van der Waals surface area (Å²) < 4.78 is 0.946. The van der Waals surface area contributed by atoms with Gasteiger partial charge in [-0.05, 0) is 18.2 Å². The van der Waals surface area contributed by atoms with Gasteiger partial charge in [-0.1, -0.05) is 22.9 Å². The monoisotopic (exact) mass is 331 g/mol. The minimum absolute atomic E-state index is 0.0923. The summed E-state index contributed by atoms with van der Waals surface area (Å²) in [5, 5.41) is 0.520. The zero-order chi connectivity index (χ0) is 12.4. The van der Waals surface area contributed by atoms with E-state index in [1.165, 1.54) is 0 Å². The Kier molecular flexibility index (Phi) is 4.44. The average molecular weight is 332 g/mol. The maximum atomic E-state index is 12.3. The second kappa shape index (κ2) is 5.67. The number of amides is 1. The quantitative estimate of drug-likeness (QED) is 0.796. The van der Waals surface area contributed by atoms with Crippen molar-refractivity contribution in [2.75, 3.05) is 18.8 Å². The molecule has 1 saturated heterocycles. The van der Waals surface area contributed by atoms with E-state index >= 15 is 0 Å². The van der Waals surface area contributed by atoms with Crippen LogP contribution in [-0.4, -0.2) is 34.9 Å². The molecule has 0 bridgehead atoms. The normalized spacial score (nSPS) is 20.4. The predicted molar refractivity (Wildman–Crippen MR) is 79.2 cm³/mol. The Bertz CT molecular complexity index is 439. The molecule has 0 aliphatic carbocycles. The van der Waals surface area contributed by atoms with Crippen LogP contribution in [0, 0.1) is 0 Å². The molecule has 5 heteroatoms. The fraction of sp³-hybridized carbons (Fsp3) is 0.417. The number of nitrogens with zero attached hydrogens (tertiary/aromatic N) is 1. The molecule has 0 aromatic heterocycles. The summed E-state index contributed by atoms with van der Waals surface area (Å²) in [7, 11) is 0. The van der Waals surface area contributed by atoms with Gasteiger partial charge in [0.15, 0.2) is 0 Å². The van der Waals surface area contributed by atoms with Gasteiger partial charge in [0.25, 0.3) is 5.91 Å². The maximum Gasteiger partial charge on any atom is 0.255 e. The first-order valence-electron chi connectivity index (χ1n) is 5.47. The highest BCUT2D eigenvalue weighted by Crippen LogP contribution is 2.24. The van der Waals surface area contributed by atoms with Gasteiger partial charge in [0.2, 0.25) is 0 Å². The molecule has 1 unspecified atom stereocenters. The molecular weight excluding hydrogens is 318 g/mol. The molecule has 0 saturated carbocycles. The van der Waals surface area contributed by atoms with Crippen molar-refractivity contribution in [3.63, 3.8) is 0 Å². The van der Waals surface area contributed by atoms with E-state index in [1.807, 2.05) is 34.9 Å². The average Bonchev–Trinajstić information content (AvgIpc) is 2.28. The fourth-order valence-corrected chi connectivity index (χ4v) is 3.72. The van der Waals surface area contributed by atoms with E-state index in [0.717, 1.165) is 28.2 Å². The van der Waals surface area contributed by atoms with Crippen molar-refractivity contribution in [2.24, 2.45) is 0 Å². The Morgan fingerprint density at radius 3 is 3.00 bits per heavy atom. The summed E-state index contributed by atoms with van der Waals surface area (Å²) in [5.41, 5.74) is 0.690. The zero-order valence-corrected chi connectivity index (χ0v) is 12.8. The van der Waals surface area contributed by atoms with E-state index in [4.69, 9.17) is 0 Å². The number of thioether (sulfide) groups is 1. The van der Waals surface area contributed by atoms with Crippen molar-refractivity contribution in [1.29, 1.82) is 0 Å². The lowest BCUT2D eigenvalue weighted by atomic mass is 10.2. The molecule has 2 nitrogen and oxygen atoms in total. The molecule has 2 rings (SSSR count). The van der Waals surface area contributed by atoms with Crippen molar-refractivity contribution in [2.45, 2.75) is 17.1 Å². The predicted octanol–water partition coefficient (Wildman–Crippen LogP) is 3.32. The van der Waals surface area contributed by atoms with Gasteiger partial charge in [0.05, 0.1) is 5.56 Å². The molecule has 1 heterocycles. The molecule has 1 aliphatic rings. The third kappa shape index (κ3) is 3.20. The lowest BCUT2D eigenvalue weighted by molar-refractivity contribution is 0.0759. The molecule has 1 fully saturated rings. The Hall–Kier alpha value is -0.130. The summed E-state index contributed by atoms with van der Waals surface area (Å²) in [4.78, 5) is 15.0. The zero-order valence-electron chi connectivity index (χ0n) is 9.52. The van der Waals surface area contributed by atoms with Crippen LogP contribution >= 0.6 is 40.3 Å². The largest absolute Gasteiger partial charge is 0.337 e. The van der Waals surface area contributed by atoms with Crippen LogP contribution in [0.1, 0.15) is 17.3 Å². The maximum absolute atomic E-state index is 12.3. The number of carbonyl (C=O) groups excluding carboxylic acids is 1. The second-order valence-electron chi connectivity index (χ2n) is 4.09. The number of hydrogen-bond donors (Lipinski definition) is 1. The molecule has 17 heavy (non-hydrogen) atoms. The van der Waals surface area contributed by atoms with Gasteiger partial charge in [-0.3, -0.25) is 4.79 Å². The van der Waals surface area contributed by atoms with Gasteiger partial charge < -0.3 is 4.90 Å². The summed E-state index contributed by atoms with van der Waals surface area (Å²) in [6.45, 7) is 3.82. The van der Waals surface area contributed by atoms with E-state index in [9.17, 15) is 4.79 Å². The molecule has 1 amide bonds. The molecule has 0 spiro atoms. The minimum Gasteiger partial charge on any atom is -0.337 e. The van der Waals surface area contributed by atoms with Crippen LogP contribution in [0.5, 0.6) is 0 Å². The molecule has 1 aliphatic heterocycles. The fourth-order valence-electron chi connectivity index (χ4n) is 1.86. The SMILES string of the molecule is CC1CN(C(=O)c2ccc(Br)cc2S)CCS1. The molecular formula is C12H14BrNOS2. The third-order valence-corrected chi connectivity index (χ3v) is 4.72. The van der Waals surface area contributed by atoms with E-state index in [-0.39, 0.29) is 5.91 Å². The molecule has 1 aromatic rings. The van der Waals surface area contributed by atoms with Crippen molar-refractivity contribution in [1.82, 2.24) is 4.90 Å². The van der Waals surface area contributed by atoms with Gasteiger partial charge in [-0.15, -0.1) is 12.6 Å².